The molecule has 10 heteroatoms. The van der Waals surface area contributed by atoms with E-state index in [0.717, 1.165) is 24.6 Å². The van der Waals surface area contributed by atoms with E-state index in [-0.39, 0.29) is 10.6 Å². The number of nitrogens with one attached hydrogen (secondary N) is 1. The van der Waals surface area contributed by atoms with E-state index in [2.05, 4.69) is 11.9 Å². The molecule has 0 radical (unpaired) electrons. The fourth-order valence-electron chi connectivity index (χ4n) is 2.69. The van der Waals surface area contributed by atoms with E-state index in [1.54, 1.807) is 6.92 Å². The summed E-state index contributed by atoms with van der Waals surface area (Å²) in [7, 11) is -4.10. The zero-order chi connectivity index (χ0) is 23.6. The normalized spacial score (nSPS) is 13.7. The summed E-state index contributed by atoms with van der Waals surface area (Å²) in [6.07, 6.45) is -4.84. The van der Waals surface area contributed by atoms with E-state index in [1.165, 1.54) is 30.3 Å². The Hall–Kier alpha value is -3.16. The Morgan fingerprint density at radius 2 is 1.77 bits per heavy atom. The number of anilines is 1. The quantitative estimate of drug-likeness (QED) is 0.694. The minimum atomic E-state index is -4.84. The number of sulfone groups is 1. The molecule has 2 rings (SSSR count). The second-order valence-electron chi connectivity index (χ2n) is 7.16. The molecule has 0 spiro atoms. The minimum Gasteiger partial charge on any atom is -0.379 e. The number of alkyl halides is 3. The zero-order valence-corrected chi connectivity index (χ0v) is 17.4. The average molecular weight is 452 g/mol. The van der Waals surface area contributed by atoms with Gasteiger partial charge >= 0.3 is 6.18 Å². The molecule has 0 saturated carbocycles. The predicted octanol–water partition coefficient (Wildman–Crippen LogP) is 3.77. The first-order valence-corrected chi connectivity index (χ1v) is 10.5. The lowest BCUT2D eigenvalue weighted by Crippen LogP contribution is -2.45. The molecule has 0 heterocycles. The molecule has 31 heavy (non-hydrogen) atoms. The number of carbonyl (C=O) groups excluding carboxylic acids is 1. The van der Waals surface area contributed by atoms with Crippen LogP contribution in [0, 0.1) is 11.3 Å². The van der Waals surface area contributed by atoms with Crippen molar-refractivity contribution in [1.29, 1.82) is 5.26 Å². The Morgan fingerprint density at radius 1 is 1.19 bits per heavy atom. The van der Waals surface area contributed by atoms with Crippen molar-refractivity contribution in [2.75, 3.05) is 11.1 Å². The fraction of sp³-hybridized carbons (Fsp3) is 0.238. The predicted molar refractivity (Wildman–Crippen MR) is 109 cm³/mol. The van der Waals surface area contributed by atoms with E-state index in [0.29, 0.717) is 11.6 Å². The highest BCUT2D eigenvalue weighted by Gasteiger charge is 2.38. The molecule has 0 unspecified atom stereocenters. The summed E-state index contributed by atoms with van der Waals surface area (Å²) < 4.78 is 64.4. The molecule has 1 atom stereocenters. The van der Waals surface area contributed by atoms with Gasteiger partial charge in [0.25, 0.3) is 5.91 Å². The number of halogens is 3. The van der Waals surface area contributed by atoms with Crippen LogP contribution in [0.25, 0.3) is 5.57 Å². The van der Waals surface area contributed by atoms with Gasteiger partial charge in [0, 0.05) is 5.69 Å². The third-order valence-corrected chi connectivity index (χ3v) is 6.30. The van der Waals surface area contributed by atoms with Gasteiger partial charge in [-0.15, -0.1) is 0 Å². The maximum atomic E-state index is 13.1. The molecule has 0 aromatic heterocycles. The summed E-state index contributed by atoms with van der Waals surface area (Å²) in [5, 5.41) is 21.3. The number of benzene rings is 2. The van der Waals surface area contributed by atoms with Gasteiger partial charge in [-0.05, 0) is 49.7 Å². The number of allylic oxidation sites excluding steroid dienone is 1. The van der Waals surface area contributed by atoms with E-state index in [1.807, 2.05) is 0 Å². The number of nitrogens with zero attached hydrogens (tertiary/aromatic N) is 1. The van der Waals surface area contributed by atoms with Crippen LogP contribution >= 0.6 is 0 Å². The topological polar surface area (TPSA) is 107 Å². The lowest BCUT2D eigenvalue weighted by Gasteiger charge is -2.22. The molecule has 2 aromatic carbocycles. The standard InChI is InChI=1S/C21H19F3N2O4S/c1-13(2)14-5-8-17(9-6-14)31(29,30)12-20(3,28)19(27)26-16-7-4-15(11-25)18(10-16)21(22,23)24/h4-10,28H,1,12H2,2-3H3,(H,26,27)/t20-/m1/s1. The van der Waals surface area contributed by atoms with Gasteiger partial charge in [0.2, 0.25) is 0 Å². The summed E-state index contributed by atoms with van der Waals surface area (Å²) in [6, 6.07) is 9.53. The largest absolute Gasteiger partial charge is 0.417 e. The number of nitriles is 1. The molecule has 164 valence electrons. The van der Waals surface area contributed by atoms with E-state index >= 15 is 0 Å². The molecule has 6 nitrogen and oxygen atoms in total. The Kier molecular flexibility index (Phi) is 6.63. The maximum Gasteiger partial charge on any atom is 0.417 e. The van der Waals surface area contributed by atoms with Crippen LogP contribution < -0.4 is 5.32 Å². The van der Waals surface area contributed by atoms with Crippen molar-refractivity contribution in [2.24, 2.45) is 0 Å². The van der Waals surface area contributed by atoms with Gasteiger partial charge in [0.15, 0.2) is 15.4 Å². The smallest absolute Gasteiger partial charge is 0.379 e. The van der Waals surface area contributed by atoms with Crippen LogP contribution in [-0.4, -0.2) is 30.8 Å². The zero-order valence-electron chi connectivity index (χ0n) is 16.6. The molecule has 2 N–H and O–H groups in total. The van der Waals surface area contributed by atoms with Gasteiger partial charge in [-0.3, -0.25) is 4.79 Å². The Balaban J connectivity index is 2.25. The first-order chi connectivity index (χ1) is 14.2. The summed E-state index contributed by atoms with van der Waals surface area (Å²) in [5.74, 6) is -2.21. The fourth-order valence-corrected chi connectivity index (χ4v) is 4.27. The molecular formula is C21H19F3N2O4S. The maximum absolute atomic E-state index is 13.1. The lowest BCUT2D eigenvalue weighted by atomic mass is 10.1. The summed E-state index contributed by atoms with van der Waals surface area (Å²) in [5.41, 5.74) is -3.27. The van der Waals surface area contributed by atoms with E-state index < -0.39 is 44.4 Å². The van der Waals surface area contributed by atoms with Gasteiger partial charge < -0.3 is 10.4 Å². The molecule has 0 fully saturated rings. The van der Waals surface area contributed by atoms with Crippen LogP contribution in [0.3, 0.4) is 0 Å². The highest BCUT2D eigenvalue weighted by Crippen LogP contribution is 2.33. The SMILES string of the molecule is C=C(C)c1ccc(S(=O)(=O)C[C@@](C)(O)C(=O)Nc2ccc(C#N)c(C(F)(F)F)c2)cc1. The van der Waals surface area contributed by atoms with Crippen molar-refractivity contribution >= 4 is 27.0 Å². The summed E-state index contributed by atoms with van der Waals surface area (Å²) in [4.78, 5) is 12.3. The van der Waals surface area contributed by atoms with Crippen molar-refractivity contribution in [3.05, 3.63) is 65.7 Å². The first kappa shape index (κ1) is 24.1. The van der Waals surface area contributed by atoms with Gasteiger partial charge in [0.1, 0.15) is 0 Å². The van der Waals surface area contributed by atoms with Gasteiger partial charge in [-0.1, -0.05) is 24.3 Å². The molecule has 2 aromatic rings. The molecule has 0 aliphatic heterocycles. The van der Waals surface area contributed by atoms with Crippen LogP contribution in [0.1, 0.15) is 30.5 Å². The molecule has 0 bridgehead atoms. The number of aliphatic hydroxyl groups is 1. The van der Waals surface area contributed by atoms with E-state index in [4.69, 9.17) is 5.26 Å². The number of rotatable bonds is 6. The second-order valence-corrected chi connectivity index (χ2v) is 9.15. The number of hydrogen-bond acceptors (Lipinski definition) is 5. The highest BCUT2D eigenvalue weighted by atomic mass is 32.2. The lowest BCUT2D eigenvalue weighted by molar-refractivity contribution is -0.137. The molecular weight excluding hydrogens is 433 g/mol. The van der Waals surface area contributed by atoms with Crippen LogP contribution in [0.15, 0.2) is 53.9 Å². The van der Waals surface area contributed by atoms with Gasteiger partial charge in [-0.25, -0.2) is 8.42 Å². The van der Waals surface area contributed by atoms with Crippen LogP contribution in [-0.2, 0) is 20.8 Å². The van der Waals surface area contributed by atoms with Crippen molar-refractivity contribution in [3.8, 4) is 6.07 Å². The second kappa shape index (κ2) is 8.53. The first-order valence-electron chi connectivity index (χ1n) is 8.81. The third kappa shape index (κ3) is 5.71. The molecule has 0 aliphatic rings. The number of amides is 1. The van der Waals surface area contributed by atoms with Crippen molar-refractivity contribution in [1.82, 2.24) is 0 Å². The highest BCUT2D eigenvalue weighted by molar-refractivity contribution is 7.91. The Morgan fingerprint density at radius 3 is 2.26 bits per heavy atom. The Labute approximate surface area is 177 Å². The van der Waals surface area contributed by atoms with Crippen molar-refractivity contribution in [2.45, 2.75) is 30.5 Å². The van der Waals surface area contributed by atoms with Crippen LogP contribution in [0.4, 0.5) is 18.9 Å². The van der Waals surface area contributed by atoms with Crippen LogP contribution in [0.2, 0.25) is 0 Å². The summed E-state index contributed by atoms with van der Waals surface area (Å²) in [6.45, 7) is 6.42. The summed E-state index contributed by atoms with van der Waals surface area (Å²) >= 11 is 0. The van der Waals surface area contributed by atoms with Gasteiger partial charge in [-0.2, -0.15) is 18.4 Å². The number of hydrogen-bond donors (Lipinski definition) is 2. The average Bonchev–Trinajstić information content (AvgIpc) is 2.66. The van der Waals surface area contributed by atoms with Gasteiger partial charge in [0.05, 0.1) is 27.8 Å². The third-order valence-electron chi connectivity index (χ3n) is 4.37. The van der Waals surface area contributed by atoms with E-state index in [9.17, 15) is 31.5 Å². The van der Waals surface area contributed by atoms with Crippen molar-refractivity contribution < 1.29 is 31.5 Å². The van der Waals surface area contributed by atoms with Crippen LogP contribution in [0.5, 0.6) is 0 Å². The Bertz CT molecular complexity index is 1160. The monoisotopic (exact) mass is 452 g/mol. The molecule has 1 amide bonds. The van der Waals surface area contributed by atoms with Crippen molar-refractivity contribution in [3.63, 3.8) is 0 Å². The molecule has 0 aliphatic carbocycles. The molecule has 0 saturated heterocycles. The minimum absolute atomic E-state index is 0.136. The number of carbonyl (C=O) groups is 1.